The van der Waals surface area contributed by atoms with E-state index in [4.69, 9.17) is 4.74 Å². The van der Waals surface area contributed by atoms with Gasteiger partial charge < -0.3 is 19.5 Å². The molecule has 1 aromatic rings. The SMILES string of the molecule is CCOCCCNC(=O)N1CCn2cccc2[C@H]1C. The Hall–Kier alpha value is -1.49. The molecule has 0 unspecified atom stereocenters. The highest BCUT2D eigenvalue weighted by Crippen LogP contribution is 2.24. The molecule has 0 saturated carbocycles. The van der Waals surface area contributed by atoms with Crippen molar-refractivity contribution in [2.24, 2.45) is 0 Å². The molecule has 5 nitrogen and oxygen atoms in total. The molecule has 1 aliphatic heterocycles. The molecule has 0 aromatic carbocycles. The summed E-state index contributed by atoms with van der Waals surface area (Å²) in [5.74, 6) is 0. The maximum Gasteiger partial charge on any atom is 0.318 e. The van der Waals surface area contributed by atoms with Crippen LogP contribution in [-0.4, -0.2) is 41.8 Å². The van der Waals surface area contributed by atoms with Crippen LogP contribution in [0.1, 0.15) is 32.0 Å². The van der Waals surface area contributed by atoms with Crippen LogP contribution in [0.4, 0.5) is 4.79 Å². The number of hydrogen-bond donors (Lipinski definition) is 1. The Morgan fingerprint density at radius 3 is 3.16 bits per heavy atom. The molecule has 2 amide bonds. The van der Waals surface area contributed by atoms with Gasteiger partial charge in [0.15, 0.2) is 0 Å². The van der Waals surface area contributed by atoms with Crippen LogP contribution in [0.3, 0.4) is 0 Å². The van der Waals surface area contributed by atoms with Gasteiger partial charge in [0.05, 0.1) is 6.04 Å². The summed E-state index contributed by atoms with van der Waals surface area (Å²) in [7, 11) is 0. The summed E-state index contributed by atoms with van der Waals surface area (Å²) >= 11 is 0. The fourth-order valence-corrected chi connectivity index (χ4v) is 2.47. The maximum absolute atomic E-state index is 12.1. The Morgan fingerprint density at radius 2 is 2.37 bits per heavy atom. The summed E-state index contributed by atoms with van der Waals surface area (Å²) in [6.07, 6.45) is 2.93. The largest absolute Gasteiger partial charge is 0.382 e. The van der Waals surface area contributed by atoms with Crippen molar-refractivity contribution in [1.82, 2.24) is 14.8 Å². The molecule has 2 rings (SSSR count). The molecule has 0 fully saturated rings. The van der Waals surface area contributed by atoms with Crippen molar-refractivity contribution < 1.29 is 9.53 Å². The van der Waals surface area contributed by atoms with Gasteiger partial charge in [0.25, 0.3) is 0 Å². The van der Waals surface area contributed by atoms with Gasteiger partial charge in [0.2, 0.25) is 0 Å². The number of urea groups is 1. The highest BCUT2D eigenvalue weighted by atomic mass is 16.5. The topological polar surface area (TPSA) is 46.5 Å². The third kappa shape index (κ3) is 3.29. The van der Waals surface area contributed by atoms with Crippen LogP contribution in [-0.2, 0) is 11.3 Å². The predicted octanol–water partition coefficient (Wildman–Crippen LogP) is 2.00. The number of aromatic nitrogens is 1. The molecule has 2 heterocycles. The van der Waals surface area contributed by atoms with Crippen LogP contribution in [0.15, 0.2) is 18.3 Å². The average molecular weight is 265 g/mol. The van der Waals surface area contributed by atoms with Gasteiger partial charge in [-0.15, -0.1) is 0 Å². The zero-order valence-corrected chi connectivity index (χ0v) is 11.8. The van der Waals surface area contributed by atoms with Crippen molar-refractivity contribution >= 4 is 6.03 Å². The van der Waals surface area contributed by atoms with Gasteiger partial charge in [0.1, 0.15) is 0 Å². The molecule has 0 spiro atoms. The van der Waals surface area contributed by atoms with E-state index in [9.17, 15) is 4.79 Å². The zero-order chi connectivity index (χ0) is 13.7. The number of carbonyl (C=O) groups excluding carboxylic acids is 1. The molecule has 1 aliphatic rings. The molecule has 0 saturated heterocycles. The van der Waals surface area contributed by atoms with Gasteiger partial charge in [-0.2, -0.15) is 0 Å². The number of carbonyl (C=O) groups is 1. The van der Waals surface area contributed by atoms with Crippen molar-refractivity contribution in [2.45, 2.75) is 32.9 Å². The number of amides is 2. The summed E-state index contributed by atoms with van der Waals surface area (Å²) < 4.78 is 7.46. The molecule has 0 aliphatic carbocycles. The molecule has 1 atom stereocenters. The molecule has 1 N–H and O–H groups in total. The van der Waals surface area contributed by atoms with E-state index < -0.39 is 0 Å². The number of nitrogens with one attached hydrogen (secondary N) is 1. The maximum atomic E-state index is 12.1. The second-order valence-corrected chi connectivity index (χ2v) is 4.78. The highest BCUT2D eigenvalue weighted by Gasteiger charge is 2.26. The van der Waals surface area contributed by atoms with Crippen LogP contribution in [0, 0.1) is 0 Å². The van der Waals surface area contributed by atoms with Gasteiger partial charge in [-0.1, -0.05) is 0 Å². The molecule has 19 heavy (non-hydrogen) atoms. The van der Waals surface area contributed by atoms with Gasteiger partial charge >= 0.3 is 6.03 Å². The fourth-order valence-electron chi connectivity index (χ4n) is 2.47. The lowest BCUT2D eigenvalue weighted by Gasteiger charge is -2.34. The Bertz CT molecular complexity index is 417. The van der Waals surface area contributed by atoms with Crippen molar-refractivity contribution in [3.63, 3.8) is 0 Å². The second kappa shape index (κ2) is 6.61. The standard InChI is InChI=1S/C14H23N3O2/c1-3-19-11-5-7-15-14(18)17-10-9-16-8-4-6-13(16)12(17)2/h4,6,8,12H,3,5,7,9-11H2,1-2H3,(H,15,18)/t12-/m1/s1. The quantitative estimate of drug-likeness (QED) is 0.828. The van der Waals surface area contributed by atoms with E-state index in [0.717, 1.165) is 26.1 Å². The normalized spacial score (nSPS) is 18.2. The van der Waals surface area contributed by atoms with Crippen molar-refractivity contribution in [1.29, 1.82) is 0 Å². The van der Waals surface area contributed by atoms with Crippen LogP contribution in [0.2, 0.25) is 0 Å². The van der Waals surface area contributed by atoms with Gasteiger partial charge in [-0.05, 0) is 32.4 Å². The number of hydrogen-bond acceptors (Lipinski definition) is 2. The minimum absolute atomic E-state index is 0.0245. The number of rotatable bonds is 5. The lowest BCUT2D eigenvalue weighted by molar-refractivity contribution is 0.141. The van der Waals surface area contributed by atoms with E-state index >= 15 is 0 Å². The van der Waals surface area contributed by atoms with E-state index in [-0.39, 0.29) is 12.1 Å². The average Bonchev–Trinajstić information content (AvgIpc) is 2.88. The summed E-state index contributed by atoms with van der Waals surface area (Å²) in [5, 5.41) is 2.96. The number of ether oxygens (including phenoxy) is 1. The Balaban J connectivity index is 1.80. The van der Waals surface area contributed by atoms with E-state index in [1.165, 1.54) is 5.69 Å². The third-order valence-electron chi connectivity index (χ3n) is 3.55. The molecule has 106 valence electrons. The first-order valence-electron chi connectivity index (χ1n) is 7.01. The van der Waals surface area contributed by atoms with E-state index in [0.29, 0.717) is 13.2 Å². The van der Waals surface area contributed by atoms with Gasteiger partial charge in [-0.3, -0.25) is 0 Å². The number of fused-ring (bicyclic) bond motifs is 1. The summed E-state index contributed by atoms with van der Waals surface area (Å²) in [6, 6.07) is 4.28. The predicted molar refractivity (Wildman–Crippen MR) is 74.1 cm³/mol. The summed E-state index contributed by atoms with van der Waals surface area (Å²) in [5.41, 5.74) is 1.20. The van der Waals surface area contributed by atoms with Crippen molar-refractivity contribution in [3.05, 3.63) is 24.0 Å². The first-order valence-corrected chi connectivity index (χ1v) is 7.01. The number of nitrogens with zero attached hydrogens (tertiary/aromatic N) is 2. The highest BCUT2D eigenvalue weighted by molar-refractivity contribution is 5.74. The summed E-state index contributed by atoms with van der Waals surface area (Å²) in [4.78, 5) is 14.0. The smallest absolute Gasteiger partial charge is 0.318 e. The zero-order valence-electron chi connectivity index (χ0n) is 11.8. The third-order valence-corrected chi connectivity index (χ3v) is 3.55. The van der Waals surface area contributed by atoms with E-state index in [1.807, 2.05) is 17.9 Å². The van der Waals surface area contributed by atoms with Gasteiger partial charge in [0, 0.05) is 44.7 Å². The lowest BCUT2D eigenvalue weighted by Crippen LogP contribution is -2.46. The van der Waals surface area contributed by atoms with Crippen molar-refractivity contribution in [2.75, 3.05) is 26.3 Å². The molecular formula is C14H23N3O2. The molecule has 0 bridgehead atoms. The van der Waals surface area contributed by atoms with Crippen LogP contribution >= 0.6 is 0 Å². The fraction of sp³-hybridized carbons (Fsp3) is 0.643. The molecular weight excluding hydrogens is 242 g/mol. The first-order chi connectivity index (χ1) is 9.24. The Morgan fingerprint density at radius 1 is 1.53 bits per heavy atom. The Labute approximate surface area is 114 Å². The molecule has 0 radical (unpaired) electrons. The Kier molecular flexibility index (Phi) is 4.85. The van der Waals surface area contributed by atoms with Crippen LogP contribution in [0.5, 0.6) is 0 Å². The summed E-state index contributed by atoms with van der Waals surface area (Å²) in [6.45, 7) is 7.79. The van der Waals surface area contributed by atoms with E-state index in [2.05, 4.69) is 29.1 Å². The minimum Gasteiger partial charge on any atom is -0.382 e. The van der Waals surface area contributed by atoms with Crippen LogP contribution in [0.25, 0.3) is 0 Å². The minimum atomic E-state index is 0.0245. The van der Waals surface area contributed by atoms with Crippen LogP contribution < -0.4 is 5.32 Å². The molecule has 1 aromatic heterocycles. The monoisotopic (exact) mass is 265 g/mol. The lowest BCUT2D eigenvalue weighted by atomic mass is 10.1. The molecule has 5 heteroatoms. The van der Waals surface area contributed by atoms with E-state index in [1.54, 1.807) is 0 Å². The van der Waals surface area contributed by atoms with Gasteiger partial charge in [-0.25, -0.2) is 4.79 Å². The first kappa shape index (κ1) is 13.9. The second-order valence-electron chi connectivity index (χ2n) is 4.78. The van der Waals surface area contributed by atoms with Crippen molar-refractivity contribution in [3.8, 4) is 0 Å².